The highest BCUT2D eigenvalue weighted by atomic mass is 35.5. The molecule has 0 unspecified atom stereocenters. The zero-order valence-electron chi connectivity index (χ0n) is 27.7. The summed E-state index contributed by atoms with van der Waals surface area (Å²) in [6.07, 6.45) is 4.46. The third-order valence-electron chi connectivity index (χ3n) is 8.33. The molecule has 1 saturated heterocycles. The number of rotatable bonds is 10. The molecule has 1 N–H and O–H groups in total. The van der Waals surface area contributed by atoms with Gasteiger partial charge in [-0.15, -0.1) is 21.5 Å². The normalized spacial score (nSPS) is 16.8. The second-order valence-corrected chi connectivity index (χ2v) is 14.7. The highest BCUT2D eigenvalue weighted by Crippen LogP contribution is 2.39. The number of amides is 2. The standard InChI is InChI=1S/C34H45ClN6O4S/c1-21-22(2)46-32-29(21)30(24-10-12-25(35)13-11-24)37-27(31-39-38-23(3)41(31)32)20-28(42)36-16-8-7-9-19-44-26-14-17-40(18-15-26)33(43)45-34(4,5)6/h10-13,26-27H,7-9,14-20H2,1-6H3,(H,36,42)/t27-/m0/s1. The number of fused-ring (bicyclic) bond motifs is 3. The molecule has 248 valence electrons. The summed E-state index contributed by atoms with van der Waals surface area (Å²) in [7, 11) is 0. The Balaban J connectivity index is 1.11. The number of unbranched alkanes of at least 4 members (excludes halogenated alkanes) is 2. The van der Waals surface area contributed by atoms with Gasteiger partial charge in [0.25, 0.3) is 0 Å². The van der Waals surface area contributed by atoms with Crippen molar-refractivity contribution in [3.8, 4) is 5.00 Å². The molecule has 5 rings (SSSR count). The number of nitrogens with one attached hydrogen (secondary N) is 1. The van der Waals surface area contributed by atoms with Crippen molar-refractivity contribution in [2.45, 2.75) is 97.8 Å². The van der Waals surface area contributed by atoms with E-state index in [1.807, 2.05) is 52.0 Å². The number of carbonyl (C=O) groups is 2. The number of likely N-dealkylation sites (tertiary alicyclic amines) is 1. The molecule has 10 nitrogen and oxygen atoms in total. The van der Waals surface area contributed by atoms with E-state index >= 15 is 0 Å². The first-order valence-corrected chi connectivity index (χ1v) is 17.3. The largest absolute Gasteiger partial charge is 0.444 e. The third kappa shape index (κ3) is 8.16. The summed E-state index contributed by atoms with van der Waals surface area (Å²) in [5.41, 5.74) is 3.51. The SMILES string of the molecule is Cc1sc2c(c1C)C(c1ccc(Cl)cc1)=N[C@@H](CC(=O)NCCCCCOC1CCN(C(=O)OC(C)(C)C)CC1)c1nnc(C)n1-2. The van der Waals surface area contributed by atoms with E-state index in [9.17, 15) is 9.59 Å². The number of aliphatic imine (C=N–C) groups is 1. The van der Waals surface area contributed by atoms with Crippen LogP contribution in [0.2, 0.25) is 5.02 Å². The number of benzene rings is 1. The average molecular weight is 669 g/mol. The Morgan fingerprint density at radius 1 is 1.04 bits per heavy atom. The van der Waals surface area contributed by atoms with Gasteiger partial charge in [-0.25, -0.2) is 4.79 Å². The van der Waals surface area contributed by atoms with E-state index in [0.717, 1.165) is 65.3 Å². The molecule has 0 radical (unpaired) electrons. The number of hydrogen-bond acceptors (Lipinski definition) is 8. The predicted octanol–water partition coefficient (Wildman–Crippen LogP) is 6.89. The Bertz CT molecular complexity index is 1570. The van der Waals surface area contributed by atoms with E-state index in [2.05, 4.69) is 33.9 Å². The van der Waals surface area contributed by atoms with Crippen LogP contribution in [-0.2, 0) is 14.3 Å². The molecular weight excluding hydrogens is 624 g/mol. The van der Waals surface area contributed by atoms with Crippen LogP contribution in [0.1, 0.15) is 98.6 Å². The number of ether oxygens (including phenoxy) is 2. The first-order valence-electron chi connectivity index (χ1n) is 16.1. The Kier molecular flexibility index (Phi) is 10.8. The minimum atomic E-state index is -0.485. The highest BCUT2D eigenvalue weighted by molar-refractivity contribution is 7.15. The van der Waals surface area contributed by atoms with Crippen LogP contribution in [0.3, 0.4) is 0 Å². The van der Waals surface area contributed by atoms with Gasteiger partial charge in [0.1, 0.15) is 22.5 Å². The topological polar surface area (TPSA) is 111 Å². The van der Waals surface area contributed by atoms with E-state index in [1.54, 1.807) is 16.2 Å². The second-order valence-electron chi connectivity index (χ2n) is 13.1. The number of hydrogen-bond donors (Lipinski definition) is 1. The monoisotopic (exact) mass is 668 g/mol. The number of aromatic nitrogens is 3. The first kappa shape index (κ1) is 34.1. The summed E-state index contributed by atoms with van der Waals surface area (Å²) in [6.45, 7) is 14.4. The zero-order chi connectivity index (χ0) is 33.0. The maximum Gasteiger partial charge on any atom is 0.410 e. The molecule has 2 aromatic heterocycles. The fourth-order valence-corrected chi connectivity index (χ4v) is 7.13. The van der Waals surface area contributed by atoms with Gasteiger partial charge in [0.05, 0.1) is 18.2 Å². The molecule has 2 aliphatic heterocycles. The van der Waals surface area contributed by atoms with Gasteiger partial charge < -0.3 is 19.7 Å². The lowest BCUT2D eigenvalue weighted by Crippen LogP contribution is -2.43. The van der Waals surface area contributed by atoms with Crippen LogP contribution in [0, 0.1) is 20.8 Å². The first-order chi connectivity index (χ1) is 21.9. The van der Waals surface area contributed by atoms with Gasteiger partial charge >= 0.3 is 6.09 Å². The molecule has 0 saturated carbocycles. The van der Waals surface area contributed by atoms with Gasteiger partial charge in [0.2, 0.25) is 5.91 Å². The Morgan fingerprint density at radius 3 is 2.46 bits per heavy atom. The molecule has 1 atom stereocenters. The molecule has 2 aliphatic rings. The van der Waals surface area contributed by atoms with Crippen molar-refractivity contribution in [2.75, 3.05) is 26.2 Å². The quantitative estimate of drug-likeness (QED) is 0.236. The predicted molar refractivity (Wildman–Crippen MR) is 182 cm³/mol. The summed E-state index contributed by atoms with van der Waals surface area (Å²) in [4.78, 5) is 33.6. The molecule has 3 aromatic rings. The molecule has 1 fully saturated rings. The smallest absolute Gasteiger partial charge is 0.410 e. The summed E-state index contributed by atoms with van der Waals surface area (Å²) in [5.74, 6) is 1.38. The summed E-state index contributed by atoms with van der Waals surface area (Å²) < 4.78 is 13.6. The molecule has 46 heavy (non-hydrogen) atoms. The van der Waals surface area contributed by atoms with Gasteiger partial charge in [-0.3, -0.25) is 14.4 Å². The number of carbonyl (C=O) groups excluding carboxylic acids is 2. The highest BCUT2D eigenvalue weighted by Gasteiger charge is 2.32. The molecule has 12 heteroatoms. The minimum Gasteiger partial charge on any atom is -0.444 e. The Morgan fingerprint density at radius 2 is 1.76 bits per heavy atom. The van der Waals surface area contributed by atoms with Crippen molar-refractivity contribution in [1.82, 2.24) is 25.0 Å². The van der Waals surface area contributed by atoms with E-state index < -0.39 is 11.6 Å². The number of aryl methyl sites for hydroxylation is 2. The maximum absolute atomic E-state index is 13.2. The molecule has 1 aromatic carbocycles. The lowest BCUT2D eigenvalue weighted by atomic mass is 9.99. The van der Waals surface area contributed by atoms with Crippen LogP contribution < -0.4 is 5.32 Å². The van der Waals surface area contributed by atoms with Crippen molar-refractivity contribution in [3.63, 3.8) is 0 Å². The molecule has 0 spiro atoms. The van der Waals surface area contributed by atoms with E-state index in [1.165, 1.54) is 4.88 Å². The fourth-order valence-electron chi connectivity index (χ4n) is 5.79. The molecule has 0 aliphatic carbocycles. The van der Waals surface area contributed by atoms with Crippen molar-refractivity contribution in [1.29, 1.82) is 0 Å². The molecule has 2 amide bonds. The number of nitrogens with zero attached hydrogens (tertiary/aromatic N) is 5. The van der Waals surface area contributed by atoms with Crippen molar-refractivity contribution < 1.29 is 19.1 Å². The third-order valence-corrected chi connectivity index (χ3v) is 9.77. The lowest BCUT2D eigenvalue weighted by molar-refractivity contribution is -0.121. The van der Waals surface area contributed by atoms with Crippen LogP contribution in [0.15, 0.2) is 29.3 Å². The van der Waals surface area contributed by atoms with Gasteiger partial charge in [0.15, 0.2) is 5.82 Å². The van der Waals surface area contributed by atoms with Gasteiger partial charge in [-0.2, -0.15) is 0 Å². The fraction of sp³-hybridized carbons (Fsp3) is 0.559. The second kappa shape index (κ2) is 14.6. The summed E-state index contributed by atoms with van der Waals surface area (Å²) in [5, 5.41) is 13.6. The van der Waals surface area contributed by atoms with Crippen molar-refractivity contribution >= 4 is 40.6 Å². The van der Waals surface area contributed by atoms with E-state index in [0.29, 0.717) is 37.1 Å². The number of thiophene rings is 1. The van der Waals surface area contributed by atoms with Gasteiger partial charge in [-0.1, -0.05) is 23.7 Å². The van der Waals surface area contributed by atoms with Crippen molar-refractivity contribution in [2.24, 2.45) is 4.99 Å². The van der Waals surface area contributed by atoms with E-state index in [-0.39, 0.29) is 24.5 Å². The van der Waals surface area contributed by atoms with Crippen LogP contribution in [0.5, 0.6) is 0 Å². The number of halogens is 1. The van der Waals surface area contributed by atoms with Gasteiger partial charge in [0, 0.05) is 47.3 Å². The lowest BCUT2D eigenvalue weighted by Gasteiger charge is -2.33. The molecule has 4 heterocycles. The van der Waals surface area contributed by atoms with Crippen LogP contribution in [0.25, 0.3) is 5.00 Å². The van der Waals surface area contributed by atoms with Crippen molar-refractivity contribution in [3.05, 3.63) is 62.5 Å². The summed E-state index contributed by atoms with van der Waals surface area (Å²) >= 11 is 7.90. The average Bonchev–Trinajstić information content (AvgIpc) is 3.48. The Hall–Kier alpha value is -3.28. The Labute approximate surface area is 280 Å². The molecule has 0 bridgehead atoms. The zero-order valence-corrected chi connectivity index (χ0v) is 29.3. The van der Waals surface area contributed by atoms with Crippen LogP contribution in [0.4, 0.5) is 4.79 Å². The van der Waals surface area contributed by atoms with Crippen LogP contribution in [-0.4, -0.2) is 75.3 Å². The van der Waals surface area contributed by atoms with E-state index in [4.69, 9.17) is 26.1 Å². The maximum atomic E-state index is 13.2. The number of piperidine rings is 1. The van der Waals surface area contributed by atoms with Gasteiger partial charge in [-0.05, 0) is 91.3 Å². The van der Waals surface area contributed by atoms with Crippen LogP contribution >= 0.6 is 22.9 Å². The molecular formula is C34H45ClN6O4S. The minimum absolute atomic E-state index is 0.0671. The summed E-state index contributed by atoms with van der Waals surface area (Å²) in [6, 6.07) is 7.20.